The number of ether oxygens (including phenoxy) is 2. The van der Waals surface area contributed by atoms with Crippen molar-refractivity contribution in [3.05, 3.63) is 58.7 Å². The van der Waals surface area contributed by atoms with E-state index in [9.17, 15) is 8.42 Å². The SMILES string of the molecule is COc1cc(C)c(C)cc1S(=O)(=O)NC[C@H](c1ccc(C)cc1)[NH+]1CCOCC1. The minimum absolute atomic E-state index is 0.0202. The highest BCUT2D eigenvalue weighted by Crippen LogP contribution is 2.27. The Morgan fingerprint density at radius 1 is 1.07 bits per heavy atom. The van der Waals surface area contributed by atoms with Crippen LogP contribution in [0, 0.1) is 20.8 Å². The zero-order chi connectivity index (χ0) is 21.0. The molecule has 1 aliphatic heterocycles. The Morgan fingerprint density at radius 3 is 2.31 bits per heavy atom. The number of benzene rings is 2. The summed E-state index contributed by atoms with van der Waals surface area (Å²) in [6, 6.07) is 11.8. The van der Waals surface area contributed by atoms with Crippen LogP contribution in [-0.4, -0.2) is 48.4 Å². The molecule has 1 atom stereocenters. The van der Waals surface area contributed by atoms with Gasteiger partial charge in [-0.1, -0.05) is 29.8 Å². The molecule has 0 aliphatic carbocycles. The van der Waals surface area contributed by atoms with Gasteiger partial charge in [0.2, 0.25) is 10.0 Å². The van der Waals surface area contributed by atoms with E-state index in [1.54, 1.807) is 12.1 Å². The van der Waals surface area contributed by atoms with Crippen molar-refractivity contribution in [2.24, 2.45) is 0 Å². The highest BCUT2D eigenvalue weighted by Gasteiger charge is 2.29. The predicted molar refractivity (Wildman–Crippen MR) is 113 cm³/mol. The third-order valence-corrected chi connectivity index (χ3v) is 7.10. The van der Waals surface area contributed by atoms with Crippen LogP contribution in [0.15, 0.2) is 41.3 Å². The van der Waals surface area contributed by atoms with E-state index in [-0.39, 0.29) is 10.9 Å². The summed E-state index contributed by atoms with van der Waals surface area (Å²) in [5.74, 6) is 0.367. The van der Waals surface area contributed by atoms with E-state index >= 15 is 0 Å². The highest BCUT2D eigenvalue weighted by molar-refractivity contribution is 7.89. The Kier molecular flexibility index (Phi) is 6.95. The van der Waals surface area contributed by atoms with E-state index in [1.165, 1.54) is 17.6 Å². The highest BCUT2D eigenvalue weighted by atomic mass is 32.2. The van der Waals surface area contributed by atoms with Gasteiger partial charge >= 0.3 is 0 Å². The molecule has 2 N–H and O–H groups in total. The zero-order valence-electron chi connectivity index (χ0n) is 17.6. The van der Waals surface area contributed by atoms with Crippen molar-refractivity contribution >= 4 is 10.0 Å². The minimum Gasteiger partial charge on any atom is -0.495 e. The first kappa shape index (κ1) is 21.8. The van der Waals surface area contributed by atoms with Gasteiger partial charge in [0.25, 0.3) is 0 Å². The second kappa shape index (κ2) is 9.26. The van der Waals surface area contributed by atoms with Crippen molar-refractivity contribution in [1.82, 2.24) is 4.72 Å². The van der Waals surface area contributed by atoms with Gasteiger partial charge in [0.15, 0.2) is 0 Å². The Balaban J connectivity index is 1.86. The number of nitrogens with one attached hydrogen (secondary N) is 2. The quantitative estimate of drug-likeness (QED) is 0.715. The van der Waals surface area contributed by atoms with Gasteiger partial charge in [0, 0.05) is 5.56 Å². The lowest BCUT2D eigenvalue weighted by Gasteiger charge is -2.32. The van der Waals surface area contributed by atoms with E-state index in [4.69, 9.17) is 9.47 Å². The van der Waals surface area contributed by atoms with Gasteiger partial charge in [-0.05, 0) is 44.0 Å². The zero-order valence-corrected chi connectivity index (χ0v) is 18.4. The Bertz CT molecular complexity index is 936. The summed E-state index contributed by atoms with van der Waals surface area (Å²) >= 11 is 0. The van der Waals surface area contributed by atoms with Crippen LogP contribution in [0.2, 0.25) is 0 Å². The van der Waals surface area contributed by atoms with Gasteiger partial charge in [0.1, 0.15) is 29.8 Å². The lowest BCUT2D eigenvalue weighted by atomic mass is 10.0. The van der Waals surface area contributed by atoms with Crippen LogP contribution in [-0.2, 0) is 14.8 Å². The maximum absolute atomic E-state index is 13.1. The fraction of sp³-hybridized carbons (Fsp3) is 0.455. The normalized spacial score (nSPS) is 16.6. The predicted octanol–water partition coefficient (Wildman–Crippen LogP) is 1.56. The lowest BCUT2D eigenvalue weighted by molar-refractivity contribution is -0.937. The van der Waals surface area contributed by atoms with Crippen LogP contribution in [0.5, 0.6) is 5.75 Å². The fourth-order valence-corrected chi connectivity index (χ4v) is 4.96. The van der Waals surface area contributed by atoms with Gasteiger partial charge in [0.05, 0.1) is 26.9 Å². The summed E-state index contributed by atoms with van der Waals surface area (Å²) in [6.45, 7) is 9.30. The van der Waals surface area contributed by atoms with Crippen LogP contribution in [0.1, 0.15) is 28.3 Å². The van der Waals surface area contributed by atoms with Crippen LogP contribution < -0.4 is 14.4 Å². The molecule has 0 amide bonds. The van der Waals surface area contributed by atoms with Crippen molar-refractivity contribution in [3.8, 4) is 5.75 Å². The van der Waals surface area contributed by atoms with Crippen LogP contribution in [0.4, 0.5) is 0 Å². The largest absolute Gasteiger partial charge is 0.495 e. The Hall–Kier alpha value is -1.93. The molecule has 0 unspecified atom stereocenters. The van der Waals surface area contributed by atoms with E-state index < -0.39 is 10.0 Å². The van der Waals surface area contributed by atoms with Crippen molar-refractivity contribution in [2.75, 3.05) is 40.0 Å². The summed E-state index contributed by atoms with van der Waals surface area (Å²) in [5.41, 5.74) is 4.23. The van der Waals surface area contributed by atoms with E-state index in [0.29, 0.717) is 25.5 Å². The molecule has 0 radical (unpaired) electrons. The Labute approximate surface area is 173 Å². The molecular weight excluding hydrogens is 388 g/mol. The van der Waals surface area contributed by atoms with E-state index in [1.807, 2.05) is 13.8 Å². The maximum atomic E-state index is 13.1. The number of sulfonamides is 1. The summed E-state index contributed by atoms with van der Waals surface area (Å²) in [4.78, 5) is 1.51. The minimum atomic E-state index is -3.71. The first-order valence-electron chi connectivity index (χ1n) is 9.95. The fourth-order valence-electron chi connectivity index (χ4n) is 3.68. The van der Waals surface area contributed by atoms with E-state index in [2.05, 4.69) is 35.9 Å². The van der Waals surface area contributed by atoms with Crippen molar-refractivity contribution in [2.45, 2.75) is 31.7 Å². The number of rotatable bonds is 7. The van der Waals surface area contributed by atoms with E-state index in [0.717, 1.165) is 29.8 Å². The Morgan fingerprint density at radius 2 is 1.69 bits per heavy atom. The molecular formula is C22H31N2O4S+. The number of hydrogen-bond acceptors (Lipinski definition) is 4. The first-order valence-corrected chi connectivity index (χ1v) is 11.4. The summed E-state index contributed by atoms with van der Waals surface area (Å²) in [5, 5.41) is 0. The summed E-state index contributed by atoms with van der Waals surface area (Å²) in [6.07, 6.45) is 0. The van der Waals surface area contributed by atoms with Gasteiger partial charge < -0.3 is 14.4 Å². The van der Waals surface area contributed by atoms with Crippen LogP contribution in [0.3, 0.4) is 0 Å². The molecule has 3 rings (SSSR count). The molecule has 1 fully saturated rings. The third kappa shape index (κ3) is 5.17. The number of methoxy groups -OCH3 is 1. The average molecular weight is 420 g/mol. The second-order valence-corrected chi connectivity index (χ2v) is 9.41. The number of quaternary nitrogens is 1. The molecule has 6 nitrogen and oxygen atoms in total. The molecule has 1 saturated heterocycles. The number of aryl methyl sites for hydroxylation is 3. The average Bonchev–Trinajstić information content (AvgIpc) is 2.71. The van der Waals surface area contributed by atoms with Gasteiger partial charge in [-0.3, -0.25) is 0 Å². The molecule has 0 saturated carbocycles. The molecule has 0 bridgehead atoms. The van der Waals surface area contributed by atoms with Crippen LogP contribution in [0.25, 0.3) is 0 Å². The molecule has 0 aromatic heterocycles. The molecule has 158 valence electrons. The third-order valence-electron chi connectivity index (χ3n) is 5.65. The topological polar surface area (TPSA) is 69.1 Å². The van der Waals surface area contributed by atoms with Gasteiger partial charge in [-0.25, -0.2) is 13.1 Å². The number of morpholine rings is 1. The molecule has 7 heteroatoms. The van der Waals surface area contributed by atoms with Crippen molar-refractivity contribution < 1.29 is 22.8 Å². The number of hydrogen-bond donors (Lipinski definition) is 2. The second-order valence-electron chi connectivity index (χ2n) is 7.67. The standard InChI is InChI=1S/C22H30N2O4S/c1-16-5-7-19(8-6-16)20(24-9-11-28-12-10-24)15-23-29(25,26)22-14-18(3)17(2)13-21(22)27-4/h5-8,13-14,20,23H,9-12,15H2,1-4H3/p+1/t20-/m1/s1. The van der Waals surface area contributed by atoms with Crippen molar-refractivity contribution in [1.29, 1.82) is 0 Å². The van der Waals surface area contributed by atoms with Crippen LogP contribution >= 0.6 is 0 Å². The molecule has 0 spiro atoms. The first-order chi connectivity index (χ1) is 13.8. The van der Waals surface area contributed by atoms with Gasteiger partial charge in [-0.15, -0.1) is 0 Å². The monoisotopic (exact) mass is 419 g/mol. The molecule has 2 aromatic carbocycles. The molecule has 1 heterocycles. The lowest BCUT2D eigenvalue weighted by Crippen LogP contribution is -3.15. The smallest absolute Gasteiger partial charge is 0.244 e. The van der Waals surface area contributed by atoms with Gasteiger partial charge in [-0.2, -0.15) is 0 Å². The summed E-state index contributed by atoms with van der Waals surface area (Å²) in [7, 11) is -2.22. The summed E-state index contributed by atoms with van der Waals surface area (Å²) < 4.78 is 39.9. The molecule has 1 aliphatic rings. The molecule has 29 heavy (non-hydrogen) atoms. The maximum Gasteiger partial charge on any atom is 0.244 e. The molecule has 2 aromatic rings. The van der Waals surface area contributed by atoms with Crippen molar-refractivity contribution in [3.63, 3.8) is 0 Å².